The number of carboxylic acids is 2. The standard InChI is InChI=1S/C19H20N6O4S.C2HF3O2/c1-10-6-13(24-7-11(8-24)22-14(26)2-3-20)23-17-15(10)16(27)12(18(28)29)9-25(17)19-21-4-5-30-19;3-2(4,5)1(6)7/h4-6,9,11H,2-3,7-8,20H2,1H3,(H,22,26)(H,28,29);(H,6,7). The van der Waals surface area contributed by atoms with E-state index in [2.05, 4.69) is 15.3 Å². The van der Waals surface area contributed by atoms with E-state index in [0.29, 0.717) is 41.8 Å². The summed E-state index contributed by atoms with van der Waals surface area (Å²) in [6.45, 7) is 3.24. The number of aromatic carboxylic acids is 1. The molecule has 0 unspecified atom stereocenters. The van der Waals surface area contributed by atoms with Gasteiger partial charge in [0, 0.05) is 43.8 Å². The Hall–Kier alpha value is -4.05. The molecule has 198 valence electrons. The van der Waals surface area contributed by atoms with E-state index >= 15 is 0 Å². The smallest absolute Gasteiger partial charge is 0.477 e. The first-order chi connectivity index (χ1) is 17.3. The number of nitrogens with one attached hydrogen (secondary N) is 1. The lowest BCUT2D eigenvalue weighted by Crippen LogP contribution is -2.59. The molecule has 0 bridgehead atoms. The lowest BCUT2D eigenvalue weighted by atomic mass is 10.1. The molecule has 1 saturated heterocycles. The van der Waals surface area contributed by atoms with E-state index in [1.165, 1.54) is 17.5 Å². The fourth-order valence-corrected chi connectivity index (χ4v) is 4.08. The summed E-state index contributed by atoms with van der Waals surface area (Å²) < 4.78 is 33.3. The summed E-state index contributed by atoms with van der Waals surface area (Å²) in [5.74, 6) is -3.48. The second-order valence-electron chi connectivity index (χ2n) is 7.87. The van der Waals surface area contributed by atoms with Crippen LogP contribution in [-0.2, 0) is 9.59 Å². The van der Waals surface area contributed by atoms with Crippen molar-refractivity contribution < 1.29 is 37.8 Å². The van der Waals surface area contributed by atoms with E-state index in [0.717, 1.165) is 0 Å². The van der Waals surface area contributed by atoms with Crippen molar-refractivity contribution in [1.29, 1.82) is 0 Å². The second-order valence-corrected chi connectivity index (χ2v) is 8.74. The molecule has 16 heteroatoms. The number of alkyl halides is 3. The number of thiazole rings is 1. The van der Waals surface area contributed by atoms with Crippen LogP contribution in [0.15, 0.2) is 28.6 Å². The molecule has 0 aliphatic carbocycles. The lowest BCUT2D eigenvalue weighted by molar-refractivity contribution is -0.192. The Morgan fingerprint density at radius 3 is 2.43 bits per heavy atom. The summed E-state index contributed by atoms with van der Waals surface area (Å²) in [5.41, 5.74) is 5.48. The Balaban J connectivity index is 0.000000479. The van der Waals surface area contributed by atoms with E-state index in [1.807, 2.05) is 4.90 Å². The number of carbonyl (C=O) groups is 3. The quantitative estimate of drug-likeness (QED) is 0.353. The summed E-state index contributed by atoms with van der Waals surface area (Å²) in [6, 6.07) is 1.77. The van der Waals surface area contributed by atoms with Crippen LogP contribution in [0.25, 0.3) is 16.2 Å². The predicted octanol–water partition coefficient (Wildman–Crippen LogP) is 1.14. The largest absolute Gasteiger partial charge is 0.490 e. The van der Waals surface area contributed by atoms with Crippen molar-refractivity contribution in [2.24, 2.45) is 5.73 Å². The van der Waals surface area contributed by atoms with Gasteiger partial charge in [-0.05, 0) is 18.6 Å². The summed E-state index contributed by atoms with van der Waals surface area (Å²) >= 11 is 1.31. The zero-order valence-electron chi connectivity index (χ0n) is 19.2. The number of aryl methyl sites for hydroxylation is 1. The van der Waals surface area contributed by atoms with Gasteiger partial charge in [-0.1, -0.05) is 0 Å². The number of aliphatic carboxylic acids is 1. The number of nitrogens with zero attached hydrogens (tertiary/aromatic N) is 4. The van der Waals surface area contributed by atoms with Crippen LogP contribution in [0, 0.1) is 6.92 Å². The number of fused-ring (bicyclic) bond motifs is 1. The Labute approximate surface area is 210 Å². The van der Waals surface area contributed by atoms with Gasteiger partial charge in [0.2, 0.25) is 11.3 Å². The first kappa shape index (κ1) is 27.5. The molecule has 37 heavy (non-hydrogen) atoms. The maximum Gasteiger partial charge on any atom is 0.490 e. The molecule has 12 nitrogen and oxygen atoms in total. The molecule has 1 amide bonds. The van der Waals surface area contributed by atoms with Crippen LogP contribution in [0.3, 0.4) is 0 Å². The molecule has 3 aromatic heterocycles. The third kappa shape index (κ3) is 6.21. The summed E-state index contributed by atoms with van der Waals surface area (Å²) in [5, 5.41) is 22.0. The van der Waals surface area contributed by atoms with Crippen LogP contribution < -0.4 is 21.4 Å². The Morgan fingerprint density at radius 1 is 1.27 bits per heavy atom. The monoisotopic (exact) mass is 542 g/mol. The predicted molar refractivity (Wildman–Crippen MR) is 126 cm³/mol. The van der Waals surface area contributed by atoms with Gasteiger partial charge in [0.15, 0.2) is 10.8 Å². The number of halogens is 3. The Bertz CT molecular complexity index is 1390. The topological polar surface area (TPSA) is 181 Å². The average Bonchev–Trinajstić information content (AvgIpc) is 3.30. The van der Waals surface area contributed by atoms with Crippen molar-refractivity contribution in [1.82, 2.24) is 19.9 Å². The Morgan fingerprint density at radius 2 is 1.92 bits per heavy atom. The highest BCUT2D eigenvalue weighted by atomic mass is 32.1. The van der Waals surface area contributed by atoms with E-state index < -0.39 is 23.5 Å². The molecule has 4 heterocycles. The van der Waals surface area contributed by atoms with Crippen molar-refractivity contribution in [3.63, 3.8) is 0 Å². The highest BCUT2D eigenvalue weighted by molar-refractivity contribution is 7.12. The molecule has 0 aromatic carbocycles. The van der Waals surface area contributed by atoms with Gasteiger partial charge < -0.3 is 26.2 Å². The number of carbonyl (C=O) groups excluding carboxylic acids is 1. The number of carboxylic acid groups (broad SMARTS) is 2. The summed E-state index contributed by atoms with van der Waals surface area (Å²) in [4.78, 5) is 55.9. The SMILES string of the molecule is Cc1cc(N2CC(NC(=O)CCN)C2)nc2c1c(=O)c(C(=O)O)cn2-c1nccs1.O=C(O)C(F)(F)F. The zero-order chi connectivity index (χ0) is 27.5. The molecule has 0 atom stereocenters. The van der Waals surface area contributed by atoms with E-state index in [1.54, 1.807) is 29.1 Å². The molecule has 1 fully saturated rings. The van der Waals surface area contributed by atoms with Crippen molar-refractivity contribution >= 4 is 46.0 Å². The Kier molecular flexibility index (Phi) is 8.12. The molecular formula is C21H21F3N6O6S. The van der Waals surface area contributed by atoms with Crippen molar-refractivity contribution in [3.8, 4) is 5.13 Å². The average molecular weight is 542 g/mol. The first-order valence-corrected chi connectivity index (χ1v) is 11.5. The number of hydrogen-bond donors (Lipinski definition) is 4. The van der Waals surface area contributed by atoms with Crippen molar-refractivity contribution in [2.75, 3.05) is 24.5 Å². The number of rotatable bonds is 6. The van der Waals surface area contributed by atoms with E-state index in [9.17, 15) is 32.7 Å². The minimum atomic E-state index is -5.08. The third-order valence-electron chi connectivity index (χ3n) is 5.18. The molecule has 1 aliphatic heterocycles. The third-order valence-corrected chi connectivity index (χ3v) is 5.95. The number of anilines is 1. The van der Waals surface area contributed by atoms with Gasteiger partial charge in [-0.25, -0.2) is 19.6 Å². The summed E-state index contributed by atoms with van der Waals surface area (Å²) in [7, 11) is 0. The maximum absolute atomic E-state index is 12.8. The van der Waals surface area contributed by atoms with Crippen LogP contribution >= 0.6 is 11.3 Å². The van der Waals surface area contributed by atoms with E-state index in [-0.39, 0.29) is 29.3 Å². The molecule has 3 aromatic rings. The number of aromatic nitrogens is 3. The van der Waals surface area contributed by atoms with Gasteiger partial charge in [0.25, 0.3) is 0 Å². The van der Waals surface area contributed by atoms with Gasteiger partial charge in [-0.15, -0.1) is 11.3 Å². The molecule has 1 aliphatic rings. The fraction of sp³-hybridized carbons (Fsp3) is 0.333. The van der Waals surface area contributed by atoms with Gasteiger partial charge in [-0.2, -0.15) is 13.2 Å². The van der Waals surface area contributed by atoms with Gasteiger partial charge >= 0.3 is 18.1 Å². The van der Waals surface area contributed by atoms with Gasteiger partial charge in [0.1, 0.15) is 11.4 Å². The van der Waals surface area contributed by atoms with Crippen LogP contribution in [0.1, 0.15) is 22.3 Å². The molecule has 0 spiro atoms. The summed E-state index contributed by atoms with van der Waals surface area (Å²) in [6.07, 6.45) is -1.92. The van der Waals surface area contributed by atoms with Crippen molar-refractivity contribution in [2.45, 2.75) is 25.6 Å². The lowest BCUT2D eigenvalue weighted by Gasteiger charge is -2.40. The molecule has 0 radical (unpaired) electrons. The minimum Gasteiger partial charge on any atom is -0.477 e. The molecular weight excluding hydrogens is 521 g/mol. The van der Waals surface area contributed by atoms with Gasteiger partial charge in [-0.3, -0.25) is 14.2 Å². The van der Waals surface area contributed by atoms with Crippen LogP contribution in [-0.4, -0.2) is 74.4 Å². The molecule has 0 saturated carbocycles. The number of amides is 1. The first-order valence-electron chi connectivity index (χ1n) is 10.6. The minimum absolute atomic E-state index is 0.0115. The molecule has 4 rings (SSSR count). The van der Waals surface area contributed by atoms with Crippen LogP contribution in [0.4, 0.5) is 19.0 Å². The number of nitrogens with two attached hydrogens (primary N) is 1. The maximum atomic E-state index is 12.8. The fourth-order valence-electron chi connectivity index (χ4n) is 3.46. The number of pyridine rings is 2. The zero-order valence-corrected chi connectivity index (χ0v) is 20.0. The highest BCUT2D eigenvalue weighted by Crippen LogP contribution is 2.26. The second kappa shape index (κ2) is 10.9. The number of hydrogen-bond acceptors (Lipinski definition) is 9. The van der Waals surface area contributed by atoms with Crippen LogP contribution in [0.2, 0.25) is 0 Å². The van der Waals surface area contributed by atoms with Gasteiger partial charge in [0.05, 0.1) is 11.4 Å². The van der Waals surface area contributed by atoms with Crippen molar-refractivity contribution in [3.05, 3.63) is 45.2 Å². The van der Waals surface area contributed by atoms with E-state index in [4.69, 9.17) is 15.6 Å². The van der Waals surface area contributed by atoms with Crippen LogP contribution in [0.5, 0.6) is 0 Å². The molecule has 5 N–H and O–H groups in total. The normalized spacial score (nSPS) is 13.5. The highest BCUT2D eigenvalue weighted by Gasteiger charge is 2.38.